The molecule has 3 heterocycles. The Labute approximate surface area is 75.7 Å². The van der Waals surface area contributed by atoms with E-state index in [4.69, 9.17) is 0 Å². The average Bonchev–Trinajstić information content (AvgIpc) is 2.56. The molecule has 0 atom stereocenters. The third-order valence-corrected chi connectivity index (χ3v) is 2.29. The van der Waals surface area contributed by atoms with Crippen molar-refractivity contribution < 1.29 is 4.40 Å². The molecule has 0 aliphatic carbocycles. The van der Waals surface area contributed by atoms with Gasteiger partial charge in [-0.05, 0) is 24.3 Å². The first kappa shape index (κ1) is 6.66. The lowest BCUT2D eigenvalue weighted by Crippen LogP contribution is -2.16. The van der Waals surface area contributed by atoms with Crippen LogP contribution in [0.3, 0.4) is 0 Å². The van der Waals surface area contributed by atoms with Gasteiger partial charge in [0, 0.05) is 0 Å². The first-order chi connectivity index (χ1) is 6.45. The standard InChI is InChI=1S/C11H9N2/c1-3-7-12-9-13-8-4-2-6-11(13)10(12)5-1/h1-9H/q+1. The van der Waals surface area contributed by atoms with E-state index in [1.807, 2.05) is 12.1 Å². The summed E-state index contributed by atoms with van der Waals surface area (Å²) in [4.78, 5) is 0. The quantitative estimate of drug-likeness (QED) is 0.453. The molecule has 3 rings (SSSR count). The first-order valence-corrected chi connectivity index (χ1v) is 4.31. The van der Waals surface area contributed by atoms with Crippen LogP contribution in [0.25, 0.3) is 11.0 Å². The summed E-state index contributed by atoms with van der Waals surface area (Å²) < 4.78 is 4.24. The molecule has 0 bridgehead atoms. The summed E-state index contributed by atoms with van der Waals surface area (Å²) in [6, 6.07) is 12.4. The highest BCUT2D eigenvalue weighted by atomic mass is 15.0. The molecule has 0 N–H and O–H groups in total. The summed E-state index contributed by atoms with van der Waals surface area (Å²) in [7, 11) is 0. The van der Waals surface area contributed by atoms with Gasteiger partial charge in [-0.25, -0.2) is 8.80 Å². The fourth-order valence-corrected chi connectivity index (χ4v) is 1.68. The summed E-state index contributed by atoms with van der Waals surface area (Å²) in [6.07, 6.45) is 6.19. The summed E-state index contributed by atoms with van der Waals surface area (Å²) in [6.45, 7) is 0. The lowest BCUT2D eigenvalue weighted by Gasteiger charge is -1.83. The Morgan fingerprint density at radius 2 is 1.92 bits per heavy atom. The van der Waals surface area contributed by atoms with Crippen LogP contribution in [0.4, 0.5) is 0 Å². The Balaban J connectivity index is 2.64. The van der Waals surface area contributed by atoms with E-state index in [1.54, 1.807) is 0 Å². The number of hydrogen-bond donors (Lipinski definition) is 0. The fourth-order valence-electron chi connectivity index (χ4n) is 1.68. The maximum absolute atomic E-state index is 2.12. The van der Waals surface area contributed by atoms with Crippen molar-refractivity contribution in [3.63, 3.8) is 0 Å². The molecule has 3 aromatic heterocycles. The van der Waals surface area contributed by atoms with Crippen molar-refractivity contribution in [2.24, 2.45) is 0 Å². The second-order valence-corrected chi connectivity index (χ2v) is 3.10. The van der Waals surface area contributed by atoms with Gasteiger partial charge in [0.2, 0.25) is 0 Å². The number of rotatable bonds is 0. The van der Waals surface area contributed by atoms with Crippen LogP contribution in [0.5, 0.6) is 0 Å². The lowest BCUT2D eigenvalue weighted by atomic mass is 10.3. The lowest BCUT2D eigenvalue weighted by molar-refractivity contribution is -0.511. The van der Waals surface area contributed by atoms with Crippen LogP contribution in [0, 0.1) is 0 Å². The molecule has 0 aliphatic heterocycles. The molecule has 0 aromatic carbocycles. The number of fused-ring (bicyclic) bond motifs is 3. The number of aromatic nitrogens is 2. The summed E-state index contributed by atoms with van der Waals surface area (Å²) in [5, 5.41) is 0. The predicted molar refractivity (Wildman–Crippen MR) is 50.6 cm³/mol. The molecular formula is C11H9N2+. The Morgan fingerprint density at radius 3 is 2.92 bits per heavy atom. The van der Waals surface area contributed by atoms with Crippen LogP contribution < -0.4 is 4.40 Å². The van der Waals surface area contributed by atoms with E-state index in [-0.39, 0.29) is 0 Å². The van der Waals surface area contributed by atoms with Crippen molar-refractivity contribution in [1.82, 2.24) is 4.40 Å². The highest BCUT2D eigenvalue weighted by molar-refractivity contribution is 5.70. The zero-order valence-corrected chi connectivity index (χ0v) is 7.09. The zero-order valence-electron chi connectivity index (χ0n) is 7.09. The summed E-state index contributed by atoms with van der Waals surface area (Å²) in [5.41, 5.74) is 2.48. The van der Waals surface area contributed by atoms with Crippen LogP contribution >= 0.6 is 0 Å². The van der Waals surface area contributed by atoms with Gasteiger partial charge in [0.05, 0.1) is 12.4 Å². The van der Waals surface area contributed by atoms with Crippen LogP contribution in [0.2, 0.25) is 0 Å². The van der Waals surface area contributed by atoms with Gasteiger partial charge in [0.1, 0.15) is 0 Å². The molecule has 0 saturated carbocycles. The highest BCUT2D eigenvalue weighted by Gasteiger charge is 2.06. The van der Waals surface area contributed by atoms with Crippen molar-refractivity contribution in [2.75, 3.05) is 0 Å². The summed E-state index contributed by atoms with van der Waals surface area (Å²) >= 11 is 0. The molecule has 0 saturated heterocycles. The van der Waals surface area contributed by atoms with Crippen LogP contribution in [0.1, 0.15) is 0 Å². The van der Waals surface area contributed by atoms with Gasteiger partial charge in [-0.2, -0.15) is 0 Å². The molecular weight excluding hydrogens is 160 g/mol. The van der Waals surface area contributed by atoms with E-state index in [9.17, 15) is 0 Å². The SMILES string of the molecule is c1ccn2c[n+]3ccccc3c2c1. The number of imidazole rings is 1. The predicted octanol–water partition coefficient (Wildman–Crippen LogP) is 1.68. The minimum atomic E-state index is 1.24. The Morgan fingerprint density at radius 1 is 1.00 bits per heavy atom. The topological polar surface area (TPSA) is 8.51 Å². The normalized spacial score (nSPS) is 11.1. The van der Waals surface area contributed by atoms with Gasteiger partial charge in [0.25, 0.3) is 6.33 Å². The maximum Gasteiger partial charge on any atom is 0.254 e. The van der Waals surface area contributed by atoms with E-state index in [0.29, 0.717) is 0 Å². The molecule has 2 nitrogen and oxygen atoms in total. The smallest absolute Gasteiger partial charge is 0.201 e. The van der Waals surface area contributed by atoms with E-state index in [1.165, 1.54) is 11.0 Å². The molecule has 2 heteroatoms. The minimum Gasteiger partial charge on any atom is -0.201 e. The van der Waals surface area contributed by atoms with Crippen molar-refractivity contribution >= 4 is 11.0 Å². The minimum absolute atomic E-state index is 1.24. The maximum atomic E-state index is 2.12. The van der Waals surface area contributed by atoms with E-state index in [2.05, 4.69) is 51.8 Å². The Kier molecular flexibility index (Phi) is 1.19. The highest BCUT2D eigenvalue weighted by Crippen LogP contribution is 2.07. The third kappa shape index (κ3) is 0.855. The second-order valence-electron chi connectivity index (χ2n) is 3.10. The van der Waals surface area contributed by atoms with Gasteiger partial charge in [-0.1, -0.05) is 12.1 Å². The number of hydrogen-bond acceptors (Lipinski definition) is 0. The van der Waals surface area contributed by atoms with Gasteiger partial charge >= 0.3 is 0 Å². The number of nitrogens with zero attached hydrogens (tertiary/aromatic N) is 2. The van der Waals surface area contributed by atoms with Crippen LogP contribution in [-0.2, 0) is 0 Å². The van der Waals surface area contributed by atoms with E-state index in [0.717, 1.165) is 0 Å². The van der Waals surface area contributed by atoms with Crippen molar-refractivity contribution in [2.45, 2.75) is 0 Å². The van der Waals surface area contributed by atoms with Crippen molar-refractivity contribution in [3.05, 3.63) is 55.1 Å². The molecule has 13 heavy (non-hydrogen) atoms. The van der Waals surface area contributed by atoms with Crippen molar-refractivity contribution in [1.29, 1.82) is 0 Å². The molecule has 0 fully saturated rings. The van der Waals surface area contributed by atoms with Gasteiger partial charge < -0.3 is 0 Å². The van der Waals surface area contributed by atoms with Crippen molar-refractivity contribution in [3.8, 4) is 0 Å². The van der Waals surface area contributed by atoms with Gasteiger partial charge in [-0.3, -0.25) is 0 Å². The number of pyridine rings is 2. The van der Waals surface area contributed by atoms with Gasteiger partial charge in [0.15, 0.2) is 11.0 Å². The molecule has 62 valence electrons. The Bertz CT molecular complexity index is 516. The molecule has 0 amide bonds. The summed E-state index contributed by atoms with van der Waals surface area (Å²) in [5.74, 6) is 0. The average molecular weight is 169 g/mol. The molecule has 0 radical (unpaired) electrons. The molecule has 3 aromatic rings. The zero-order chi connectivity index (χ0) is 8.67. The second kappa shape index (κ2) is 2.33. The van der Waals surface area contributed by atoms with E-state index >= 15 is 0 Å². The first-order valence-electron chi connectivity index (χ1n) is 4.31. The van der Waals surface area contributed by atoms with Crippen LogP contribution in [0.15, 0.2) is 55.1 Å². The van der Waals surface area contributed by atoms with Crippen LogP contribution in [-0.4, -0.2) is 4.40 Å². The fraction of sp³-hybridized carbons (Fsp3) is 0. The van der Waals surface area contributed by atoms with E-state index < -0.39 is 0 Å². The molecule has 0 aliphatic rings. The van der Waals surface area contributed by atoms with Gasteiger partial charge in [-0.15, -0.1) is 0 Å². The monoisotopic (exact) mass is 169 g/mol. The molecule has 0 spiro atoms. The largest absolute Gasteiger partial charge is 0.254 e. The molecule has 0 unspecified atom stereocenters. The third-order valence-electron chi connectivity index (χ3n) is 2.29. The Hall–Kier alpha value is -1.83.